The Kier molecular flexibility index (Phi) is 7.89. The number of hydrogen-bond acceptors (Lipinski definition) is 1. The molecule has 0 saturated heterocycles. The Labute approximate surface area is 330 Å². The normalized spacial score (nSPS) is 12.3. The minimum Gasteiger partial charge on any atom is -0.309 e. The van der Waals surface area contributed by atoms with Crippen LogP contribution in [0, 0.1) is 0 Å². The molecule has 9 aromatic carbocycles. The van der Waals surface area contributed by atoms with Crippen molar-refractivity contribution in [1.29, 1.82) is 0 Å². The molecule has 0 fully saturated rings. The molecule has 1 nitrogen and oxygen atoms in total. The van der Waals surface area contributed by atoms with E-state index in [-0.39, 0.29) is 5.92 Å². The summed E-state index contributed by atoms with van der Waals surface area (Å²) in [5.74, 6) is 0.217. The zero-order valence-electron chi connectivity index (χ0n) is 30.8. The molecular formula is C54H37NS. The van der Waals surface area contributed by atoms with Crippen LogP contribution in [0.2, 0.25) is 0 Å². The summed E-state index contributed by atoms with van der Waals surface area (Å²) in [7, 11) is 0. The van der Waals surface area contributed by atoms with Crippen molar-refractivity contribution in [3.63, 3.8) is 0 Å². The Balaban J connectivity index is 0.979. The van der Waals surface area contributed by atoms with Crippen LogP contribution in [-0.2, 0) is 6.42 Å². The van der Waals surface area contributed by atoms with Crippen LogP contribution in [0.3, 0.4) is 0 Å². The van der Waals surface area contributed by atoms with Gasteiger partial charge in [0.15, 0.2) is 0 Å². The molecule has 0 aliphatic heterocycles. The van der Waals surface area contributed by atoms with Gasteiger partial charge in [-0.05, 0) is 98.6 Å². The lowest BCUT2D eigenvalue weighted by Crippen LogP contribution is -2.05. The lowest BCUT2D eigenvalue weighted by molar-refractivity contribution is 0.807. The molecule has 0 bridgehead atoms. The molecule has 1 atom stereocenters. The molecule has 0 N–H and O–H groups in total. The molecule has 0 amide bonds. The molecule has 2 heteroatoms. The molecule has 0 spiro atoms. The average Bonchev–Trinajstić information content (AvgIpc) is 3.82. The van der Waals surface area contributed by atoms with Gasteiger partial charge in [-0.2, -0.15) is 0 Å². The molecule has 56 heavy (non-hydrogen) atoms. The molecule has 1 unspecified atom stereocenters. The van der Waals surface area contributed by atoms with Gasteiger partial charge >= 0.3 is 0 Å². The lowest BCUT2D eigenvalue weighted by Gasteiger charge is -2.20. The number of para-hydroxylation sites is 1. The highest BCUT2D eigenvalue weighted by atomic mass is 32.1. The van der Waals surface area contributed by atoms with Gasteiger partial charge in [0, 0.05) is 42.6 Å². The summed E-state index contributed by atoms with van der Waals surface area (Å²) in [6, 6.07) is 76.1. The summed E-state index contributed by atoms with van der Waals surface area (Å²) in [5, 5.41) is 7.81. The van der Waals surface area contributed by atoms with Crippen molar-refractivity contribution in [2.24, 2.45) is 0 Å². The van der Waals surface area contributed by atoms with Gasteiger partial charge < -0.3 is 4.57 Å². The van der Waals surface area contributed by atoms with E-state index in [1.807, 2.05) is 11.3 Å². The first kappa shape index (κ1) is 32.7. The average molecular weight is 732 g/mol. The van der Waals surface area contributed by atoms with E-state index in [0.717, 1.165) is 6.42 Å². The summed E-state index contributed by atoms with van der Waals surface area (Å²) in [5.41, 5.74) is 12.6. The van der Waals surface area contributed by atoms with E-state index in [9.17, 15) is 0 Å². The van der Waals surface area contributed by atoms with Gasteiger partial charge in [-0.15, -0.1) is 11.3 Å². The first-order chi connectivity index (χ1) is 27.7. The van der Waals surface area contributed by atoms with E-state index in [2.05, 4.69) is 211 Å². The third-order valence-electron chi connectivity index (χ3n) is 11.6. The fourth-order valence-corrected chi connectivity index (χ4v) is 9.97. The summed E-state index contributed by atoms with van der Waals surface area (Å²) < 4.78 is 5.10. The van der Waals surface area contributed by atoms with Crippen molar-refractivity contribution >= 4 is 64.1 Å². The second-order valence-electron chi connectivity index (χ2n) is 14.9. The number of rotatable bonds is 7. The van der Waals surface area contributed by atoms with Gasteiger partial charge in [0.2, 0.25) is 0 Å². The smallest absolute Gasteiger partial charge is 0.0547 e. The predicted molar refractivity (Wildman–Crippen MR) is 240 cm³/mol. The van der Waals surface area contributed by atoms with Crippen molar-refractivity contribution in [3.05, 3.63) is 223 Å². The minimum absolute atomic E-state index is 0.217. The zero-order valence-corrected chi connectivity index (χ0v) is 31.6. The van der Waals surface area contributed by atoms with Crippen LogP contribution in [0.25, 0.3) is 80.7 Å². The molecule has 11 aromatic rings. The van der Waals surface area contributed by atoms with Gasteiger partial charge in [-0.3, -0.25) is 0 Å². The number of hydrogen-bond donors (Lipinski definition) is 0. The Morgan fingerprint density at radius 3 is 1.82 bits per heavy atom. The van der Waals surface area contributed by atoms with E-state index in [0.29, 0.717) is 0 Å². The molecular weight excluding hydrogens is 695 g/mol. The zero-order chi connectivity index (χ0) is 37.0. The van der Waals surface area contributed by atoms with Crippen LogP contribution >= 0.6 is 11.3 Å². The van der Waals surface area contributed by atoms with Gasteiger partial charge in [0.1, 0.15) is 0 Å². The Morgan fingerprint density at radius 1 is 0.393 bits per heavy atom. The maximum absolute atomic E-state index is 2.44. The third-order valence-corrected chi connectivity index (χ3v) is 12.8. The van der Waals surface area contributed by atoms with Crippen molar-refractivity contribution < 1.29 is 0 Å². The van der Waals surface area contributed by atoms with Crippen LogP contribution in [-0.4, -0.2) is 4.57 Å². The second-order valence-corrected chi connectivity index (χ2v) is 16.0. The predicted octanol–water partition coefficient (Wildman–Crippen LogP) is 15.0. The molecule has 264 valence electrons. The van der Waals surface area contributed by atoms with Crippen LogP contribution in [0.5, 0.6) is 0 Å². The Hall–Kier alpha value is -6.74. The van der Waals surface area contributed by atoms with Crippen molar-refractivity contribution in [3.8, 4) is 27.9 Å². The van der Waals surface area contributed by atoms with Crippen LogP contribution in [0.1, 0.15) is 22.6 Å². The summed E-state index contributed by atoms with van der Waals surface area (Å²) in [4.78, 5) is 0. The molecule has 0 radical (unpaired) electrons. The second kappa shape index (κ2) is 13.5. The van der Waals surface area contributed by atoms with Crippen LogP contribution in [0.4, 0.5) is 0 Å². The van der Waals surface area contributed by atoms with Crippen LogP contribution < -0.4 is 0 Å². The summed E-state index contributed by atoms with van der Waals surface area (Å²) >= 11 is 1.89. The summed E-state index contributed by atoms with van der Waals surface area (Å²) in [6.45, 7) is 0. The molecule has 2 heterocycles. The van der Waals surface area contributed by atoms with E-state index in [1.54, 1.807) is 0 Å². The molecule has 11 rings (SSSR count). The largest absolute Gasteiger partial charge is 0.309 e. The van der Waals surface area contributed by atoms with Gasteiger partial charge in [-0.25, -0.2) is 0 Å². The Morgan fingerprint density at radius 2 is 1.00 bits per heavy atom. The van der Waals surface area contributed by atoms with Crippen molar-refractivity contribution in [1.82, 2.24) is 4.57 Å². The van der Waals surface area contributed by atoms with Crippen molar-refractivity contribution in [2.75, 3.05) is 0 Å². The molecule has 0 aliphatic carbocycles. The topological polar surface area (TPSA) is 4.93 Å². The van der Waals surface area contributed by atoms with Gasteiger partial charge in [-0.1, -0.05) is 164 Å². The third kappa shape index (κ3) is 5.61. The lowest BCUT2D eigenvalue weighted by atomic mass is 9.84. The number of benzene rings is 9. The first-order valence-corrected chi connectivity index (χ1v) is 20.2. The van der Waals surface area contributed by atoms with E-state index >= 15 is 0 Å². The van der Waals surface area contributed by atoms with Gasteiger partial charge in [0.05, 0.1) is 11.0 Å². The standard InChI is InChI=1S/C54H37NS/c1-3-11-37(12-4-1)38-23-25-41(26-24-38)48(43-27-30-47-46-17-9-10-18-52(46)56-53(47)35-43)33-36-19-21-39(22-20-36)42-29-31-50-49(34-42)54-45-16-8-7-13-40(45)28-32-51(54)55(50)44-14-5-2-6-15-44/h1-32,34-35,48H,33H2. The number of fused-ring (bicyclic) bond motifs is 8. The van der Waals surface area contributed by atoms with E-state index in [1.165, 1.54) is 97.4 Å². The fourth-order valence-electron chi connectivity index (χ4n) is 8.82. The highest BCUT2D eigenvalue weighted by Crippen LogP contribution is 2.40. The molecule has 0 saturated carbocycles. The maximum atomic E-state index is 2.44. The quantitative estimate of drug-likeness (QED) is 0.154. The number of thiophene rings is 1. The van der Waals surface area contributed by atoms with E-state index < -0.39 is 0 Å². The number of nitrogens with zero attached hydrogens (tertiary/aromatic N) is 1. The highest BCUT2D eigenvalue weighted by molar-refractivity contribution is 7.25. The highest BCUT2D eigenvalue weighted by Gasteiger charge is 2.19. The van der Waals surface area contributed by atoms with Gasteiger partial charge in [0.25, 0.3) is 0 Å². The summed E-state index contributed by atoms with van der Waals surface area (Å²) in [6.07, 6.45) is 0.914. The molecule has 0 aliphatic rings. The number of aromatic nitrogens is 1. The Bertz CT molecular complexity index is 3190. The maximum Gasteiger partial charge on any atom is 0.0547 e. The van der Waals surface area contributed by atoms with Crippen molar-refractivity contribution in [2.45, 2.75) is 12.3 Å². The monoisotopic (exact) mass is 731 g/mol. The minimum atomic E-state index is 0.217. The fraction of sp³-hybridized carbons (Fsp3) is 0.0370. The molecule has 2 aromatic heterocycles. The SMILES string of the molecule is c1ccc(-c2ccc(C(Cc3ccc(-c4ccc5c(c4)c4c6ccccc6ccc4n5-c4ccccc4)cc3)c3ccc4c(c3)sc3ccccc34)cc2)cc1. The van der Waals surface area contributed by atoms with E-state index in [4.69, 9.17) is 0 Å². The first-order valence-electron chi connectivity index (χ1n) is 19.4. The van der Waals surface area contributed by atoms with Crippen LogP contribution in [0.15, 0.2) is 206 Å².